The molecule has 0 bridgehead atoms. The standard InChI is InChI=1S/C17H15N3O3/c1-2-5-13(6-3-1)22-17-14(7-4-9-18-17)15-19-16(23-20-15)12-8-10-21-11-12/h1-7,9,12H,8,10-11H2/t12-/m0/s1. The monoisotopic (exact) mass is 309 g/mol. The fourth-order valence-corrected chi connectivity index (χ4v) is 2.48. The summed E-state index contributed by atoms with van der Waals surface area (Å²) in [6.07, 6.45) is 2.58. The molecular formula is C17H15N3O3. The fourth-order valence-electron chi connectivity index (χ4n) is 2.48. The number of para-hydroxylation sites is 1. The number of hydrogen-bond acceptors (Lipinski definition) is 6. The van der Waals surface area contributed by atoms with Gasteiger partial charge in [-0.1, -0.05) is 23.4 Å². The van der Waals surface area contributed by atoms with Gasteiger partial charge in [-0.3, -0.25) is 0 Å². The molecule has 1 saturated heterocycles. The lowest BCUT2D eigenvalue weighted by Crippen LogP contribution is -1.98. The van der Waals surface area contributed by atoms with E-state index in [1.807, 2.05) is 42.5 Å². The molecular weight excluding hydrogens is 294 g/mol. The van der Waals surface area contributed by atoms with Crippen LogP contribution in [0.3, 0.4) is 0 Å². The number of benzene rings is 1. The Hall–Kier alpha value is -2.73. The maximum Gasteiger partial charge on any atom is 0.232 e. The Morgan fingerprint density at radius 1 is 1.09 bits per heavy atom. The third-order valence-corrected chi connectivity index (χ3v) is 3.69. The minimum Gasteiger partial charge on any atom is -0.438 e. The molecule has 1 aliphatic heterocycles. The Morgan fingerprint density at radius 3 is 2.83 bits per heavy atom. The van der Waals surface area contributed by atoms with Crippen molar-refractivity contribution in [3.63, 3.8) is 0 Å². The summed E-state index contributed by atoms with van der Waals surface area (Å²) < 4.78 is 16.6. The van der Waals surface area contributed by atoms with Crippen LogP contribution in [0.25, 0.3) is 11.4 Å². The van der Waals surface area contributed by atoms with Crippen LogP contribution in [0.5, 0.6) is 11.6 Å². The Kier molecular flexibility index (Phi) is 3.73. The third kappa shape index (κ3) is 2.93. The molecule has 116 valence electrons. The van der Waals surface area contributed by atoms with Crippen molar-refractivity contribution in [2.24, 2.45) is 0 Å². The van der Waals surface area contributed by atoms with Gasteiger partial charge in [-0.15, -0.1) is 0 Å². The van der Waals surface area contributed by atoms with Crippen molar-refractivity contribution >= 4 is 0 Å². The van der Waals surface area contributed by atoms with E-state index in [2.05, 4.69) is 15.1 Å². The maximum atomic E-state index is 5.84. The van der Waals surface area contributed by atoms with Crippen molar-refractivity contribution in [2.45, 2.75) is 12.3 Å². The summed E-state index contributed by atoms with van der Waals surface area (Å²) in [7, 11) is 0. The van der Waals surface area contributed by atoms with Crippen LogP contribution in [-0.4, -0.2) is 28.3 Å². The van der Waals surface area contributed by atoms with Gasteiger partial charge in [0.25, 0.3) is 0 Å². The first-order valence-corrected chi connectivity index (χ1v) is 7.50. The van der Waals surface area contributed by atoms with E-state index in [9.17, 15) is 0 Å². The third-order valence-electron chi connectivity index (χ3n) is 3.69. The van der Waals surface area contributed by atoms with Crippen molar-refractivity contribution in [2.75, 3.05) is 13.2 Å². The molecule has 0 N–H and O–H groups in total. The quantitative estimate of drug-likeness (QED) is 0.735. The summed E-state index contributed by atoms with van der Waals surface area (Å²) in [6, 6.07) is 13.2. The van der Waals surface area contributed by atoms with E-state index in [4.69, 9.17) is 14.0 Å². The van der Waals surface area contributed by atoms with Crippen LogP contribution in [0.4, 0.5) is 0 Å². The van der Waals surface area contributed by atoms with Crippen LogP contribution in [0.2, 0.25) is 0 Å². The van der Waals surface area contributed by atoms with Gasteiger partial charge in [0.15, 0.2) is 0 Å². The van der Waals surface area contributed by atoms with Gasteiger partial charge in [-0.2, -0.15) is 4.98 Å². The number of ether oxygens (including phenoxy) is 2. The highest BCUT2D eigenvalue weighted by Gasteiger charge is 2.25. The van der Waals surface area contributed by atoms with Gasteiger partial charge >= 0.3 is 0 Å². The van der Waals surface area contributed by atoms with Crippen LogP contribution in [0, 0.1) is 0 Å². The fraction of sp³-hybridized carbons (Fsp3) is 0.235. The second-order valence-electron chi connectivity index (χ2n) is 5.29. The maximum absolute atomic E-state index is 5.84. The number of pyridine rings is 1. The van der Waals surface area contributed by atoms with Gasteiger partial charge in [-0.05, 0) is 30.7 Å². The van der Waals surface area contributed by atoms with Crippen LogP contribution < -0.4 is 4.74 Å². The summed E-state index contributed by atoms with van der Waals surface area (Å²) in [5.74, 6) is 2.42. The normalized spacial score (nSPS) is 17.3. The van der Waals surface area contributed by atoms with Gasteiger partial charge in [0.2, 0.25) is 17.6 Å². The van der Waals surface area contributed by atoms with E-state index in [1.165, 1.54) is 0 Å². The van der Waals surface area contributed by atoms with E-state index < -0.39 is 0 Å². The highest BCUT2D eigenvalue weighted by Crippen LogP contribution is 2.31. The smallest absolute Gasteiger partial charge is 0.232 e. The van der Waals surface area contributed by atoms with Crippen molar-refractivity contribution in [3.8, 4) is 23.0 Å². The summed E-state index contributed by atoms with van der Waals surface area (Å²) >= 11 is 0. The predicted molar refractivity (Wildman–Crippen MR) is 82.2 cm³/mol. The van der Waals surface area contributed by atoms with E-state index in [0.717, 1.165) is 13.0 Å². The van der Waals surface area contributed by atoms with Gasteiger partial charge < -0.3 is 14.0 Å². The zero-order valence-corrected chi connectivity index (χ0v) is 12.4. The lowest BCUT2D eigenvalue weighted by Gasteiger charge is -2.07. The molecule has 23 heavy (non-hydrogen) atoms. The SMILES string of the molecule is c1ccc(Oc2ncccc2-c2noc([C@H]3CCOC3)n2)cc1. The minimum atomic E-state index is 0.173. The Bertz CT molecular complexity index is 783. The van der Waals surface area contributed by atoms with Crippen molar-refractivity contribution in [1.29, 1.82) is 0 Å². The molecule has 1 fully saturated rings. The number of aromatic nitrogens is 3. The van der Waals surface area contributed by atoms with E-state index in [-0.39, 0.29) is 5.92 Å². The first-order valence-electron chi connectivity index (χ1n) is 7.50. The lowest BCUT2D eigenvalue weighted by molar-refractivity contribution is 0.189. The molecule has 6 heteroatoms. The van der Waals surface area contributed by atoms with Crippen molar-refractivity contribution in [1.82, 2.24) is 15.1 Å². The molecule has 0 unspecified atom stereocenters. The second kappa shape index (κ2) is 6.18. The molecule has 3 heterocycles. The van der Waals surface area contributed by atoms with Gasteiger partial charge in [0, 0.05) is 12.8 Å². The predicted octanol–water partition coefficient (Wildman–Crippen LogP) is 3.43. The summed E-state index contributed by atoms with van der Waals surface area (Å²) in [5.41, 5.74) is 0.699. The summed E-state index contributed by atoms with van der Waals surface area (Å²) in [4.78, 5) is 8.78. The highest BCUT2D eigenvalue weighted by atomic mass is 16.5. The number of rotatable bonds is 4. The zero-order valence-electron chi connectivity index (χ0n) is 12.4. The van der Waals surface area contributed by atoms with E-state index in [1.54, 1.807) is 6.20 Å². The molecule has 1 atom stereocenters. The molecule has 2 aromatic heterocycles. The van der Waals surface area contributed by atoms with E-state index in [0.29, 0.717) is 35.5 Å². The highest BCUT2D eigenvalue weighted by molar-refractivity contribution is 5.61. The molecule has 0 amide bonds. The Labute approximate surface area is 133 Å². The van der Waals surface area contributed by atoms with Crippen LogP contribution in [0.15, 0.2) is 53.2 Å². The van der Waals surface area contributed by atoms with Crippen molar-refractivity contribution in [3.05, 3.63) is 54.6 Å². The largest absolute Gasteiger partial charge is 0.438 e. The lowest BCUT2D eigenvalue weighted by atomic mass is 10.1. The molecule has 6 nitrogen and oxygen atoms in total. The average Bonchev–Trinajstić information content (AvgIpc) is 3.28. The van der Waals surface area contributed by atoms with Gasteiger partial charge in [-0.25, -0.2) is 4.98 Å². The Balaban J connectivity index is 1.64. The first-order chi connectivity index (χ1) is 11.4. The van der Waals surface area contributed by atoms with Crippen LogP contribution in [-0.2, 0) is 4.74 Å². The van der Waals surface area contributed by atoms with Crippen molar-refractivity contribution < 1.29 is 14.0 Å². The average molecular weight is 309 g/mol. The van der Waals surface area contributed by atoms with E-state index >= 15 is 0 Å². The summed E-state index contributed by atoms with van der Waals surface area (Å²) in [6.45, 7) is 1.36. The van der Waals surface area contributed by atoms with Crippen LogP contribution in [0.1, 0.15) is 18.2 Å². The molecule has 3 aromatic rings. The first kappa shape index (κ1) is 13.9. The molecule has 0 aliphatic carbocycles. The molecule has 1 aliphatic rings. The minimum absolute atomic E-state index is 0.173. The molecule has 4 rings (SSSR count). The van der Waals surface area contributed by atoms with Gasteiger partial charge in [0.05, 0.1) is 18.1 Å². The molecule has 0 radical (unpaired) electrons. The number of nitrogens with zero attached hydrogens (tertiary/aromatic N) is 3. The Morgan fingerprint density at radius 2 is 2.00 bits per heavy atom. The molecule has 0 saturated carbocycles. The van der Waals surface area contributed by atoms with Crippen LogP contribution >= 0.6 is 0 Å². The number of hydrogen-bond donors (Lipinski definition) is 0. The molecule has 0 spiro atoms. The zero-order chi connectivity index (χ0) is 15.5. The second-order valence-corrected chi connectivity index (χ2v) is 5.29. The molecule has 1 aromatic carbocycles. The van der Waals surface area contributed by atoms with Gasteiger partial charge in [0.1, 0.15) is 5.75 Å². The topological polar surface area (TPSA) is 70.3 Å². The summed E-state index contributed by atoms with van der Waals surface area (Å²) in [5, 5.41) is 4.07.